The van der Waals surface area contributed by atoms with Crippen LogP contribution in [0.25, 0.3) is 22.6 Å². The van der Waals surface area contributed by atoms with Gasteiger partial charge in [0, 0.05) is 6.20 Å². The summed E-state index contributed by atoms with van der Waals surface area (Å²) in [6, 6.07) is 15.0. The normalized spacial score (nSPS) is 10.9. The van der Waals surface area contributed by atoms with Gasteiger partial charge in [-0.25, -0.2) is 4.79 Å². The molecule has 0 saturated carbocycles. The van der Waals surface area contributed by atoms with E-state index in [4.69, 9.17) is 5.11 Å². The molecule has 3 rings (SSSR count). The van der Waals surface area contributed by atoms with Gasteiger partial charge in [-0.15, -0.1) is 11.3 Å². The fourth-order valence-corrected chi connectivity index (χ4v) is 2.74. The Morgan fingerprint density at radius 3 is 2.45 bits per heavy atom. The maximum Gasteiger partial charge on any atom is 0.335 e. The average Bonchev–Trinajstić information content (AvgIpc) is 3.08. The molecule has 1 aromatic heterocycles. The first kappa shape index (κ1) is 14.2. The molecule has 4 heteroatoms. The van der Waals surface area contributed by atoms with E-state index >= 15 is 0 Å². The summed E-state index contributed by atoms with van der Waals surface area (Å²) in [6.45, 7) is 0. The minimum atomic E-state index is -0.914. The first-order valence-corrected chi connectivity index (χ1v) is 7.61. The van der Waals surface area contributed by atoms with Crippen LogP contribution in [0.3, 0.4) is 0 Å². The molecule has 2 aromatic carbocycles. The second-order valence-electron chi connectivity index (χ2n) is 4.76. The van der Waals surface area contributed by atoms with Gasteiger partial charge < -0.3 is 5.11 Å². The van der Waals surface area contributed by atoms with Gasteiger partial charge in [0.05, 0.1) is 16.0 Å². The Morgan fingerprint density at radius 2 is 1.77 bits per heavy atom. The molecule has 0 atom stereocenters. The Morgan fingerprint density at radius 1 is 1.05 bits per heavy atom. The third-order valence-electron chi connectivity index (χ3n) is 3.21. The lowest BCUT2D eigenvalue weighted by atomic mass is 10.1. The number of hydrogen-bond acceptors (Lipinski definition) is 3. The predicted molar refractivity (Wildman–Crippen MR) is 89.9 cm³/mol. The van der Waals surface area contributed by atoms with Crippen molar-refractivity contribution in [3.63, 3.8) is 0 Å². The maximum atomic E-state index is 11.0. The number of nitrogens with zero attached hydrogens (tertiary/aromatic N) is 1. The van der Waals surface area contributed by atoms with Crippen LogP contribution in [-0.2, 0) is 0 Å². The van der Waals surface area contributed by atoms with Crippen molar-refractivity contribution in [1.82, 2.24) is 4.98 Å². The van der Waals surface area contributed by atoms with Gasteiger partial charge in [-0.05, 0) is 34.9 Å². The Hall–Kier alpha value is -2.72. The molecule has 3 aromatic rings. The molecular weight excluding hydrogens is 294 g/mol. The van der Waals surface area contributed by atoms with Crippen LogP contribution in [0.4, 0.5) is 0 Å². The third kappa shape index (κ3) is 3.30. The summed E-state index contributed by atoms with van der Waals surface area (Å²) >= 11 is 1.60. The van der Waals surface area contributed by atoms with Gasteiger partial charge in [0.15, 0.2) is 0 Å². The molecule has 1 heterocycles. The number of carboxylic acids is 1. The largest absolute Gasteiger partial charge is 0.478 e. The monoisotopic (exact) mass is 307 g/mol. The summed E-state index contributed by atoms with van der Waals surface area (Å²) in [5, 5.41) is 9.01. The molecule has 0 spiro atoms. The first-order valence-electron chi connectivity index (χ1n) is 6.73. The van der Waals surface area contributed by atoms with E-state index in [-0.39, 0.29) is 0 Å². The van der Waals surface area contributed by atoms with Crippen molar-refractivity contribution in [2.45, 2.75) is 0 Å². The van der Waals surface area contributed by atoms with Gasteiger partial charge >= 0.3 is 5.97 Å². The van der Waals surface area contributed by atoms with Gasteiger partial charge in [-0.3, -0.25) is 4.98 Å². The average molecular weight is 307 g/mol. The number of hydrogen-bond donors (Lipinski definition) is 1. The van der Waals surface area contributed by atoms with Crippen LogP contribution in [0.5, 0.6) is 0 Å². The number of benzene rings is 2. The molecular formula is C18H13NO2S. The molecule has 108 valence electrons. The van der Waals surface area contributed by atoms with Crippen LogP contribution in [0.1, 0.15) is 21.5 Å². The molecule has 0 aliphatic carbocycles. The number of aromatic carboxylic acids is 1. The third-order valence-corrected chi connectivity index (χ3v) is 4.03. The van der Waals surface area contributed by atoms with Crippen molar-refractivity contribution in [3.8, 4) is 10.4 Å². The molecule has 3 nitrogen and oxygen atoms in total. The number of carbonyl (C=O) groups is 1. The smallest absolute Gasteiger partial charge is 0.335 e. The predicted octanol–water partition coefficient (Wildman–Crippen LogP) is 4.68. The Bertz CT molecular complexity index is 823. The molecule has 22 heavy (non-hydrogen) atoms. The van der Waals surface area contributed by atoms with E-state index in [1.165, 1.54) is 0 Å². The van der Waals surface area contributed by atoms with E-state index in [0.29, 0.717) is 5.56 Å². The van der Waals surface area contributed by atoms with Crippen LogP contribution in [0, 0.1) is 0 Å². The number of rotatable bonds is 4. The zero-order valence-corrected chi connectivity index (χ0v) is 12.5. The number of carboxylic acid groups (broad SMARTS) is 1. The lowest BCUT2D eigenvalue weighted by molar-refractivity contribution is 0.0697. The molecule has 0 amide bonds. The number of aromatic nitrogens is 1. The van der Waals surface area contributed by atoms with E-state index in [9.17, 15) is 4.79 Å². The highest BCUT2D eigenvalue weighted by Crippen LogP contribution is 2.24. The Labute approximate surface area is 132 Å². The van der Waals surface area contributed by atoms with E-state index in [0.717, 1.165) is 21.6 Å². The fraction of sp³-hybridized carbons (Fsp3) is 0. The van der Waals surface area contributed by atoms with Gasteiger partial charge in [0.1, 0.15) is 0 Å². The SMILES string of the molecule is O=C(O)c1cccc(/C=C/c2cccc(-c3cncs3)c2)c1. The fourth-order valence-electron chi connectivity index (χ4n) is 2.12. The van der Waals surface area contributed by atoms with Crippen molar-refractivity contribution >= 4 is 29.5 Å². The Balaban J connectivity index is 1.85. The summed E-state index contributed by atoms with van der Waals surface area (Å²) in [5.41, 5.74) is 5.16. The minimum absolute atomic E-state index is 0.292. The molecule has 0 aliphatic heterocycles. The summed E-state index contributed by atoms with van der Waals surface area (Å²) in [6.07, 6.45) is 5.74. The lowest BCUT2D eigenvalue weighted by Gasteiger charge is -2.00. The van der Waals surface area contributed by atoms with Crippen LogP contribution in [0.2, 0.25) is 0 Å². The van der Waals surface area contributed by atoms with Gasteiger partial charge in [0.2, 0.25) is 0 Å². The van der Waals surface area contributed by atoms with E-state index in [2.05, 4.69) is 17.1 Å². The second-order valence-corrected chi connectivity index (χ2v) is 5.64. The Kier molecular flexibility index (Phi) is 4.12. The number of thiazole rings is 1. The molecule has 1 N–H and O–H groups in total. The van der Waals surface area contributed by atoms with Gasteiger partial charge in [0.25, 0.3) is 0 Å². The summed E-state index contributed by atoms with van der Waals surface area (Å²) in [5.74, 6) is -0.914. The minimum Gasteiger partial charge on any atom is -0.478 e. The maximum absolute atomic E-state index is 11.0. The van der Waals surface area contributed by atoms with Crippen LogP contribution < -0.4 is 0 Å². The highest BCUT2D eigenvalue weighted by molar-refractivity contribution is 7.13. The van der Waals surface area contributed by atoms with Crippen LogP contribution >= 0.6 is 11.3 Å². The summed E-state index contributed by atoms with van der Waals surface area (Å²) < 4.78 is 0. The standard InChI is InChI=1S/C18H13NO2S/c20-18(21)16-6-2-4-14(10-16)8-7-13-3-1-5-15(9-13)17-11-19-12-22-17/h1-12H,(H,20,21)/b8-7+. The topological polar surface area (TPSA) is 50.2 Å². The quantitative estimate of drug-likeness (QED) is 0.712. The zero-order valence-electron chi connectivity index (χ0n) is 11.6. The van der Waals surface area contributed by atoms with Crippen LogP contribution in [0.15, 0.2) is 60.2 Å². The first-order chi connectivity index (χ1) is 10.7. The van der Waals surface area contributed by atoms with Gasteiger partial charge in [-0.2, -0.15) is 0 Å². The zero-order chi connectivity index (χ0) is 15.4. The van der Waals surface area contributed by atoms with E-state index in [1.807, 2.05) is 42.1 Å². The van der Waals surface area contributed by atoms with E-state index in [1.54, 1.807) is 29.5 Å². The van der Waals surface area contributed by atoms with Crippen molar-refractivity contribution in [3.05, 3.63) is 76.9 Å². The van der Waals surface area contributed by atoms with Gasteiger partial charge in [-0.1, -0.05) is 42.5 Å². The molecule has 0 aliphatic rings. The highest BCUT2D eigenvalue weighted by Gasteiger charge is 2.02. The van der Waals surface area contributed by atoms with Crippen molar-refractivity contribution in [2.24, 2.45) is 0 Å². The van der Waals surface area contributed by atoms with E-state index < -0.39 is 5.97 Å². The second kappa shape index (κ2) is 6.37. The summed E-state index contributed by atoms with van der Waals surface area (Å²) in [4.78, 5) is 16.2. The molecule has 0 radical (unpaired) electrons. The molecule has 0 saturated heterocycles. The van der Waals surface area contributed by atoms with Crippen LogP contribution in [-0.4, -0.2) is 16.1 Å². The summed E-state index contributed by atoms with van der Waals surface area (Å²) in [7, 11) is 0. The molecule has 0 unspecified atom stereocenters. The highest BCUT2D eigenvalue weighted by atomic mass is 32.1. The van der Waals surface area contributed by atoms with Crippen molar-refractivity contribution in [2.75, 3.05) is 0 Å². The lowest BCUT2D eigenvalue weighted by Crippen LogP contribution is -1.95. The molecule has 0 bridgehead atoms. The van der Waals surface area contributed by atoms with Crippen molar-refractivity contribution < 1.29 is 9.90 Å². The van der Waals surface area contributed by atoms with Crippen molar-refractivity contribution in [1.29, 1.82) is 0 Å². The molecule has 0 fully saturated rings.